The molecule has 0 fully saturated rings. The summed E-state index contributed by atoms with van der Waals surface area (Å²) in [5.41, 5.74) is 0. The van der Waals surface area contributed by atoms with Gasteiger partial charge in [0, 0.05) is 11.6 Å². The van der Waals surface area contributed by atoms with Crippen LogP contribution in [0.5, 0.6) is 5.75 Å². The topological polar surface area (TPSA) is 38.7 Å². The largest absolute Gasteiger partial charge is 0.488 e. The van der Waals surface area contributed by atoms with Crippen molar-refractivity contribution in [1.82, 2.24) is 0 Å². The van der Waals surface area contributed by atoms with Crippen molar-refractivity contribution in [2.45, 2.75) is 32.5 Å². The fourth-order valence-corrected chi connectivity index (χ4v) is 1.50. The highest BCUT2D eigenvalue weighted by atomic mass is 35.5. The molecule has 0 aliphatic rings. The van der Waals surface area contributed by atoms with Crippen LogP contribution in [0.1, 0.15) is 20.3 Å². The second kappa shape index (κ2) is 7.54. The van der Waals surface area contributed by atoms with Gasteiger partial charge in [-0.25, -0.2) is 0 Å². The molecule has 0 amide bonds. The average molecular weight is 259 g/mol. The third-order valence-electron chi connectivity index (χ3n) is 2.30. The van der Waals surface area contributed by atoms with Crippen molar-refractivity contribution in [1.29, 1.82) is 0 Å². The van der Waals surface area contributed by atoms with Crippen molar-refractivity contribution in [2.75, 3.05) is 13.2 Å². The van der Waals surface area contributed by atoms with Gasteiger partial charge in [-0.1, -0.05) is 24.6 Å². The summed E-state index contributed by atoms with van der Waals surface area (Å²) in [7, 11) is 0. The summed E-state index contributed by atoms with van der Waals surface area (Å²) < 4.78 is 10.8. The fraction of sp³-hybridized carbons (Fsp3) is 0.538. The van der Waals surface area contributed by atoms with Crippen molar-refractivity contribution in [3.05, 3.63) is 29.3 Å². The first kappa shape index (κ1) is 14.3. The third-order valence-corrected chi connectivity index (χ3v) is 2.53. The van der Waals surface area contributed by atoms with Gasteiger partial charge in [0.1, 0.15) is 18.0 Å². The highest BCUT2D eigenvalue weighted by Crippen LogP contribution is 2.19. The van der Waals surface area contributed by atoms with E-state index < -0.39 is 6.10 Å². The van der Waals surface area contributed by atoms with E-state index in [1.165, 1.54) is 0 Å². The predicted octanol–water partition coefficient (Wildman–Crippen LogP) is 2.89. The summed E-state index contributed by atoms with van der Waals surface area (Å²) in [5, 5.41) is 10.4. The lowest BCUT2D eigenvalue weighted by molar-refractivity contribution is -0.0206. The minimum absolute atomic E-state index is 0.287. The van der Waals surface area contributed by atoms with E-state index in [1.807, 2.05) is 19.1 Å². The smallest absolute Gasteiger partial charge is 0.124 e. The van der Waals surface area contributed by atoms with Gasteiger partial charge in [-0.3, -0.25) is 0 Å². The van der Waals surface area contributed by atoms with Crippen LogP contribution in [0.4, 0.5) is 0 Å². The molecule has 1 rings (SSSR count). The quantitative estimate of drug-likeness (QED) is 0.765. The SMILES string of the molecule is CCCOCC(O)C(C)Oc1cccc(Cl)c1. The van der Waals surface area contributed by atoms with Crippen molar-refractivity contribution in [3.8, 4) is 5.75 Å². The molecule has 17 heavy (non-hydrogen) atoms. The first-order valence-electron chi connectivity index (χ1n) is 5.81. The lowest BCUT2D eigenvalue weighted by Crippen LogP contribution is -2.32. The van der Waals surface area contributed by atoms with E-state index in [-0.39, 0.29) is 12.7 Å². The third kappa shape index (κ3) is 5.39. The number of hydrogen-bond acceptors (Lipinski definition) is 3. The van der Waals surface area contributed by atoms with Crippen LogP contribution in [-0.2, 0) is 4.74 Å². The Morgan fingerprint density at radius 3 is 2.82 bits per heavy atom. The van der Waals surface area contributed by atoms with Crippen molar-refractivity contribution in [3.63, 3.8) is 0 Å². The van der Waals surface area contributed by atoms with Gasteiger partial charge in [0.15, 0.2) is 0 Å². The van der Waals surface area contributed by atoms with E-state index in [0.29, 0.717) is 17.4 Å². The Morgan fingerprint density at radius 1 is 1.41 bits per heavy atom. The second-order valence-corrected chi connectivity index (χ2v) is 4.36. The number of rotatable bonds is 7. The van der Waals surface area contributed by atoms with Gasteiger partial charge in [0.25, 0.3) is 0 Å². The molecule has 0 spiro atoms. The molecule has 0 saturated carbocycles. The number of hydrogen-bond donors (Lipinski definition) is 1. The van der Waals surface area contributed by atoms with Crippen LogP contribution in [-0.4, -0.2) is 30.5 Å². The van der Waals surface area contributed by atoms with Crippen molar-refractivity contribution in [2.24, 2.45) is 0 Å². The molecule has 0 radical (unpaired) electrons. The summed E-state index contributed by atoms with van der Waals surface area (Å²) in [6.45, 7) is 4.77. The van der Waals surface area contributed by atoms with Crippen LogP contribution >= 0.6 is 11.6 Å². The lowest BCUT2D eigenvalue weighted by Gasteiger charge is -2.20. The molecule has 3 nitrogen and oxygen atoms in total. The molecule has 96 valence electrons. The Labute approximate surface area is 107 Å². The van der Waals surface area contributed by atoms with Gasteiger partial charge in [-0.2, -0.15) is 0 Å². The van der Waals surface area contributed by atoms with Crippen LogP contribution in [0.15, 0.2) is 24.3 Å². The number of benzene rings is 1. The van der Waals surface area contributed by atoms with E-state index >= 15 is 0 Å². The van der Waals surface area contributed by atoms with Gasteiger partial charge >= 0.3 is 0 Å². The molecule has 0 bridgehead atoms. The van der Waals surface area contributed by atoms with Crippen LogP contribution in [0.2, 0.25) is 5.02 Å². The number of halogens is 1. The van der Waals surface area contributed by atoms with Crippen molar-refractivity contribution < 1.29 is 14.6 Å². The zero-order chi connectivity index (χ0) is 12.7. The Balaban J connectivity index is 2.39. The highest BCUT2D eigenvalue weighted by molar-refractivity contribution is 6.30. The van der Waals surface area contributed by atoms with Gasteiger partial charge in [-0.05, 0) is 31.5 Å². The molecule has 0 aliphatic carbocycles. The normalized spacial score (nSPS) is 14.4. The van der Waals surface area contributed by atoms with E-state index in [2.05, 4.69) is 0 Å². The number of aliphatic hydroxyl groups excluding tert-OH is 1. The maximum absolute atomic E-state index is 9.79. The second-order valence-electron chi connectivity index (χ2n) is 3.92. The molecule has 0 aromatic heterocycles. The number of aliphatic hydroxyl groups is 1. The molecule has 1 N–H and O–H groups in total. The molecule has 0 heterocycles. The minimum Gasteiger partial charge on any atom is -0.488 e. The predicted molar refractivity (Wildman–Crippen MR) is 68.7 cm³/mol. The first-order chi connectivity index (χ1) is 8.13. The van der Waals surface area contributed by atoms with Crippen LogP contribution < -0.4 is 4.74 Å². The van der Waals surface area contributed by atoms with E-state index in [4.69, 9.17) is 21.1 Å². The van der Waals surface area contributed by atoms with Crippen LogP contribution in [0.3, 0.4) is 0 Å². The monoisotopic (exact) mass is 258 g/mol. The van der Waals surface area contributed by atoms with E-state index in [0.717, 1.165) is 6.42 Å². The Kier molecular flexibility index (Phi) is 6.34. The maximum atomic E-state index is 9.79. The molecule has 0 aliphatic heterocycles. The molecule has 1 aromatic rings. The summed E-state index contributed by atoms with van der Waals surface area (Å²) in [5.74, 6) is 0.652. The molecule has 1 aromatic carbocycles. The first-order valence-corrected chi connectivity index (χ1v) is 6.19. The summed E-state index contributed by atoms with van der Waals surface area (Å²) in [6, 6.07) is 7.11. The van der Waals surface area contributed by atoms with Crippen LogP contribution in [0, 0.1) is 0 Å². The van der Waals surface area contributed by atoms with Crippen LogP contribution in [0.25, 0.3) is 0 Å². The molecule has 2 unspecified atom stereocenters. The zero-order valence-electron chi connectivity index (χ0n) is 10.2. The van der Waals surface area contributed by atoms with Gasteiger partial charge in [-0.15, -0.1) is 0 Å². The fourth-order valence-electron chi connectivity index (χ4n) is 1.32. The minimum atomic E-state index is -0.638. The van der Waals surface area contributed by atoms with Crippen molar-refractivity contribution >= 4 is 11.6 Å². The van der Waals surface area contributed by atoms with Gasteiger partial charge in [0.05, 0.1) is 6.61 Å². The maximum Gasteiger partial charge on any atom is 0.124 e. The van der Waals surface area contributed by atoms with Gasteiger partial charge in [0.2, 0.25) is 0 Å². The Bertz CT molecular complexity index is 330. The summed E-state index contributed by atoms with van der Waals surface area (Å²) in [6.07, 6.45) is -0.0261. The zero-order valence-corrected chi connectivity index (χ0v) is 11.0. The van der Waals surface area contributed by atoms with E-state index in [1.54, 1.807) is 19.1 Å². The number of ether oxygens (including phenoxy) is 2. The molecule has 2 atom stereocenters. The highest BCUT2D eigenvalue weighted by Gasteiger charge is 2.16. The average Bonchev–Trinajstić information content (AvgIpc) is 2.29. The Hall–Kier alpha value is -0.770. The standard InChI is InChI=1S/C13H19ClO3/c1-3-7-16-9-13(15)10(2)17-12-6-4-5-11(14)8-12/h4-6,8,10,13,15H,3,7,9H2,1-2H3. The lowest BCUT2D eigenvalue weighted by atomic mass is 10.2. The summed E-state index contributed by atoms with van der Waals surface area (Å²) >= 11 is 5.84. The molecular weight excluding hydrogens is 240 g/mol. The molecule has 4 heteroatoms. The molecular formula is C13H19ClO3. The Morgan fingerprint density at radius 2 is 2.18 bits per heavy atom. The summed E-state index contributed by atoms with van der Waals surface area (Å²) in [4.78, 5) is 0. The molecule has 0 saturated heterocycles. The van der Waals surface area contributed by atoms with E-state index in [9.17, 15) is 5.11 Å². The van der Waals surface area contributed by atoms with Gasteiger partial charge < -0.3 is 14.6 Å².